The molecule has 0 saturated carbocycles. The molecule has 0 fully saturated rings. The van der Waals surface area contributed by atoms with Crippen molar-refractivity contribution in [3.63, 3.8) is 0 Å². The summed E-state index contributed by atoms with van der Waals surface area (Å²) in [6.07, 6.45) is 2.59. The number of ether oxygens (including phenoxy) is 5. The first-order valence-corrected chi connectivity index (χ1v) is 18.0. The second kappa shape index (κ2) is 13.1. The van der Waals surface area contributed by atoms with Crippen LogP contribution in [0, 0.1) is 11.3 Å². The van der Waals surface area contributed by atoms with Crippen LogP contribution < -0.4 is 9.47 Å². The SMILES string of the molecule is COCCOCOc1cc(-c2nc(S(C)(=O)=O)nc3c2c(C#N)cn3COCC[Si](C)(C)C)c(Cl)cc1OC. The highest BCUT2D eigenvalue weighted by molar-refractivity contribution is 7.90. The van der Waals surface area contributed by atoms with Gasteiger partial charge in [0, 0.05) is 45.9 Å². The van der Waals surface area contributed by atoms with Gasteiger partial charge in [-0.15, -0.1) is 0 Å². The standard InChI is InChI=1S/C25H33ClN4O7SSi/c1-33-7-8-36-16-37-21-11-18(19(26)12-20(21)34-2)23-22-17(13-27)14-30(15-35-9-10-39(4,5)6)24(22)29-25(28-23)38(3,31)32/h11-12,14H,7-10,15-16H2,1-6H3. The van der Waals surface area contributed by atoms with Gasteiger partial charge in [0.25, 0.3) is 0 Å². The largest absolute Gasteiger partial charge is 0.493 e. The third kappa shape index (κ3) is 7.90. The molecule has 0 spiro atoms. The summed E-state index contributed by atoms with van der Waals surface area (Å²) < 4.78 is 54.1. The number of fused-ring (bicyclic) bond motifs is 1. The fourth-order valence-electron chi connectivity index (χ4n) is 3.55. The lowest BCUT2D eigenvalue weighted by atomic mass is 10.1. The number of rotatable bonds is 14. The maximum atomic E-state index is 12.6. The zero-order valence-electron chi connectivity index (χ0n) is 22.9. The highest BCUT2D eigenvalue weighted by Crippen LogP contribution is 2.41. The monoisotopic (exact) mass is 596 g/mol. The van der Waals surface area contributed by atoms with Crippen LogP contribution >= 0.6 is 11.6 Å². The van der Waals surface area contributed by atoms with E-state index in [2.05, 4.69) is 35.7 Å². The van der Waals surface area contributed by atoms with E-state index in [-0.39, 0.29) is 41.2 Å². The molecular formula is C25H33ClN4O7SSi. The van der Waals surface area contributed by atoms with Crippen molar-refractivity contribution in [1.29, 1.82) is 5.26 Å². The molecule has 0 aliphatic rings. The third-order valence-corrected chi connectivity index (χ3v) is 8.48. The number of benzene rings is 1. The van der Waals surface area contributed by atoms with Crippen molar-refractivity contribution in [3.05, 3.63) is 28.9 Å². The predicted octanol–water partition coefficient (Wildman–Crippen LogP) is 4.35. The van der Waals surface area contributed by atoms with E-state index in [9.17, 15) is 13.7 Å². The van der Waals surface area contributed by atoms with Crippen molar-refractivity contribution >= 4 is 40.5 Å². The summed E-state index contributed by atoms with van der Waals surface area (Å²) >= 11 is 6.63. The first-order chi connectivity index (χ1) is 18.4. The Bertz CT molecular complexity index is 1470. The van der Waals surface area contributed by atoms with Crippen LogP contribution in [0.25, 0.3) is 22.3 Å². The number of halogens is 1. The van der Waals surface area contributed by atoms with Gasteiger partial charge in [0.15, 0.2) is 18.3 Å². The molecule has 0 bridgehead atoms. The van der Waals surface area contributed by atoms with Gasteiger partial charge in [-0.2, -0.15) is 10.2 Å². The molecule has 212 valence electrons. The Balaban J connectivity index is 2.14. The number of aromatic nitrogens is 3. The highest BCUT2D eigenvalue weighted by atomic mass is 35.5. The van der Waals surface area contributed by atoms with Gasteiger partial charge in [0.2, 0.25) is 15.0 Å². The van der Waals surface area contributed by atoms with Crippen molar-refractivity contribution in [1.82, 2.24) is 14.5 Å². The highest BCUT2D eigenvalue weighted by Gasteiger charge is 2.25. The Hall–Kier alpha value is -2.73. The molecular weight excluding hydrogens is 564 g/mol. The van der Waals surface area contributed by atoms with Crippen LogP contribution in [0.4, 0.5) is 0 Å². The molecule has 1 aromatic carbocycles. The molecule has 0 aliphatic carbocycles. The maximum Gasteiger partial charge on any atom is 0.249 e. The van der Waals surface area contributed by atoms with Crippen LogP contribution in [-0.2, 0) is 30.8 Å². The molecule has 14 heteroatoms. The predicted molar refractivity (Wildman–Crippen MR) is 150 cm³/mol. The molecule has 3 rings (SSSR count). The quantitative estimate of drug-likeness (QED) is 0.114. The van der Waals surface area contributed by atoms with E-state index in [1.807, 2.05) is 0 Å². The van der Waals surface area contributed by atoms with Crippen molar-refractivity contribution in [2.45, 2.75) is 37.6 Å². The van der Waals surface area contributed by atoms with Crippen LogP contribution in [0.2, 0.25) is 30.7 Å². The van der Waals surface area contributed by atoms with E-state index in [4.69, 9.17) is 35.3 Å². The molecule has 0 saturated heterocycles. The normalized spacial score (nSPS) is 12.1. The lowest BCUT2D eigenvalue weighted by Gasteiger charge is -2.16. The van der Waals surface area contributed by atoms with Crippen molar-refractivity contribution in [3.8, 4) is 28.8 Å². The molecule has 3 aromatic rings. The Morgan fingerprint density at radius 1 is 1.08 bits per heavy atom. The minimum atomic E-state index is -3.83. The van der Waals surface area contributed by atoms with Crippen LogP contribution in [0.15, 0.2) is 23.5 Å². The lowest BCUT2D eigenvalue weighted by molar-refractivity contribution is -0.00942. The molecule has 11 nitrogen and oxygen atoms in total. The first kappa shape index (κ1) is 30.8. The Labute approximate surface area is 234 Å². The van der Waals surface area contributed by atoms with Crippen molar-refractivity contribution < 1.29 is 32.1 Å². The molecule has 0 N–H and O–H groups in total. The smallest absolute Gasteiger partial charge is 0.249 e. The number of nitrogens with zero attached hydrogens (tertiary/aromatic N) is 4. The van der Waals surface area contributed by atoms with Crippen LogP contribution in [0.5, 0.6) is 11.5 Å². The third-order valence-electron chi connectivity index (χ3n) is 5.61. The van der Waals surface area contributed by atoms with Crippen LogP contribution in [0.1, 0.15) is 5.56 Å². The molecule has 0 amide bonds. The summed E-state index contributed by atoms with van der Waals surface area (Å²) in [7, 11) is -2.12. The van der Waals surface area contributed by atoms with Gasteiger partial charge < -0.3 is 28.3 Å². The Morgan fingerprint density at radius 3 is 2.44 bits per heavy atom. The molecule has 2 heterocycles. The summed E-state index contributed by atoms with van der Waals surface area (Å²) in [6.45, 7) is 7.98. The van der Waals surface area contributed by atoms with E-state index >= 15 is 0 Å². The van der Waals surface area contributed by atoms with E-state index in [0.717, 1.165) is 12.3 Å². The summed E-state index contributed by atoms with van der Waals surface area (Å²) in [4.78, 5) is 8.65. The molecule has 2 aromatic heterocycles. The molecule has 39 heavy (non-hydrogen) atoms. The fourth-order valence-corrected chi connectivity index (χ4v) is 5.06. The average molecular weight is 597 g/mol. The van der Waals surface area contributed by atoms with Gasteiger partial charge in [-0.3, -0.25) is 0 Å². The Morgan fingerprint density at radius 2 is 1.82 bits per heavy atom. The van der Waals surface area contributed by atoms with E-state index < -0.39 is 23.1 Å². The average Bonchev–Trinajstić information content (AvgIpc) is 3.23. The number of hydrogen-bond donors (Lipinski definition) is 0. The van der Waals surface area contributed by atoms with Crippen molar-refractivity contribution in [2.24, 2.45) is 0 Å². The van der Waals surface area contributed by atoms with Gasteiger partial charge >= 0.3 is 0 Å². The summed E-state index contributed by atoms with van der Waals surface area (Å²) in [6, 6.07) is 6.20. The topological polar surface area (TPSA) is 135 Å². The molecule has 0 atom stereocenters. The fraction of sp³-hybridized carbons (Fsp3) is 0.480. The van der Waals surface area contributed by atoms with Gasteiger partial charge in [0.1, 0.15) is 18.4 Å². The second-order valence-corrected chi connectivity index (χ2v) is 17.9. The summed E-state index contributed by atoms with van der Waals surface area (Å²) in [5, 5.41) is 10.1. The summed E-state index contributed by atoms with van der Waals surface area (Å²) in [5.74, 6) is 0.621. The summed E-state index contributed by atoms with van der Waals surface area (Å²) in [5.41, 5.74) is 0.972. The zero-order chi connectivity index (χ0) is 28.8. The van der Waals surface area contributed by atoms with Crippen LogP contribution in [0.3, 0.4) is 0 Å². The number of methoxy groups -OCH3 is 2. The molecule has 0 aliphatic heterocycles. The molecule has 0 unspecified atom stereocenters. The van der Waals surface area contributed by atoms with Gasteiger partial charge in [-0.25, -0.2) is 13.4 Å². The number of nitriles is 1. The number of sulfone groups is 1. The van der Waals surface area contributed by atoms with E-state index in [1.165, 1.54) is 13.2 Å². The van der Waals surface area contributed by atoms with Gasteiger partial charge in [-0.1, -0.05) is 31.2 Å². The first-order valence-electron chi connectivity index (χ1n) is 12.1. The maximum absolute atomic E-state index is 12.6. The minimum Gasteiger partial charge on any atom is -0.493 e. The Kier molecular flexibility index (Phi) is 10.3. The minimum absolute atomic E-state index is 0.0891. The van der Waals surface area contributed by atoms with Gasteiger partial charge in [-0.05, 0) is 12.1 Å². The van der Waals surface area contributed by atoms with E-state index in [0.29, 0.717) is 36.5 Å². The lowest BCUT2D eigenvalue weighted by Crippen LogP contribution is -2.22. The van der Waals surface area contributed by atoms with Crippen LogP contribution in [-0.4, -0.2) is 78.1 Å². The number of hydrogen-bond acceptors (Lipinski definition) is 10. The van der Waals surface area contributed by atoms with Crippen molar-refractivity contribution in [2.75, 3.05) is 47.1 Å². The zero-order valence-corrected chi connectivity index (χ0v) is 25.5. The van der Waals surface area contributed by atoms with Gasteiger partial charge in [0.05, 0.1) is 42.0 Å². The second-order valence-electron chi connectivity index (χ2n) is 9.94. The molecule has 0 radical (unpaired) electrons. The van der Waals surface area contributed by atoms with E-state index in [1.54, 1.807) is 23.9 Å².